The monoisotopic (exact) mass is 251 g/mol. The summed E-state index contributed by atoms with van der Waals surface area (Å²) in [4.78, 5) is 19.1. The van der Waals surface area contributed by atoms with Crippen LogP contribution in [0, 0.1) is 0 Å². The largest absolute Gasteiger partial charge is 0.481 e. The van der Waals surface area contributed by atoms with Crippen LogP contribution in [-0.4, -0.2) is 26.6 Å². The number of carbonyl (C=O) groups is 1. The van der Waals surface area contributed by atoms with Crippen LogP contribution in [0.1, 0.15) is 20.3 Å². The van der Waals surface area contributed by atoms with Gasteiger partial charge in [-0.2, -0.15) is 0 Å². The molecule has 0 saturated carbocycles. The fourth-order valence-corrected chi connectivity index (χ4v) is 2.41. The number of nitrogens with one attached hydrogen (secondary N) is 1. The third-order valence-corrected chi connectivity index (χ3v) is 3.20. The Morgan fingerprint density at radius 2 is 2.29 bits per heavy atom. The number of anilines is 1. The Morgan fingerprint density at radius 1 is 1.53 bits per heavy atom. The van der Waals surface area contributed by atoms with E-state index in [1.807, 2.05) is 25.3 Å². The molecule has 0 fully saturated rings. The molecule has 0 aromatic carbocycles. The molecular formula is C11H13N3O2S. The summed E-state index contributed by atoms with van der Waals surface area (Å²) in [6, 6.07) is 1.91. The molecule has 0 aliphatic heterocycles. The summed E-state index contributed by atoms with van der Waals surface area (Å²) < 4.78 is 0.950. The Balaban J connectivity index is 2.29. The summed E-state index contributed by atoms with van der Waals surface area (Å²) in [7, 11) is 0. The summed E-state index contributed by atoms with van der Waals surface area (Å²) in [5.41, 5.74) is 0.329. The number of nitrogens with zero attached hydrogens (tertiary/aromatic N) is 2. The average Bonchev–Trinajstić information content (AvgIpc) is 2.63. The molecule has 5 nitrogen and oxygen atoms in total. The van der Waals surface area contributed by atoms with Crippen molar-refractivity contribution in [1.29, 1.82) is 0 Å². The molecule has 2 N–H and O–H groups in total. The van der Waals surface area contributed by atoms with E-state index in [4.69, 9.17) is 5.11 Å². The molecule has 0 spiro atoms. The molecule has 0 aliphatic carbocycles. The Morgan fingerprint density at radius 3 is 3.00 bits per heavy atom. The zero-order valence-electron chi connectivity index (χ0n) is 9.60. The van der Waals surface area contributed by atoms with Crippen molar-refractivity contribution in [2.75, 3.05) is 5.32 Å². The number of aliphatic carboxylic acids is 1. The van der Waals surface area contributed by atoms with Gasteiger partial charge in [0.25, 0.3) is 0 Å². The molecule has 90 valence electrons. The molecule has 2 heterocycles. The van der Waals surface area contributed by atoms with E-state index in [-0.39, 0.29) is 6.42 Å². The van der Waals surface area contributed by atoms with Crippen molar-refractivity contribution in [2.24, 2.45) is 0 Å². The Labute approximate surface area is 103 Å². The molecule has 0 aliphatic rings. The molecule has 0 saturated heterocycles. The lowest BCUT2D eigenvalue weighted by molar-refractivity contribution is -0.137. The van der Waals surface area contributed by atoms with Gasteiger partial charge in [0.2, 0.25) is 0 Å². The normalized spacial score (nSPS) is 11.6. The molecule has 2 aromatic heterocycles. The van der Waals surface area contributed by atoms with Crippen molar-refractivity contribution in [3.05, 3.63) is 17.8 Å². The van der Waals surface area contributed by atoms with E-state index in [9.17, 15) is 4.79 Å². The predicted molar refractivity (Wildman–Crippen MR) is 67.4 cm³/mol. The summed E-state index contributed by atoms with van der Waals surface area (Å²) in [6.45, 7) is 3.67. The summed E-state index contributed by atoms with van der Waals surface area (Å²) >= 11 is 1.54. The van der Waals surface area contributed by atoms with E-state index in [1.165, 1.54) is 17.7 Å². The van der Waals surface area contributed by atoms with Crippen LogP contribution in [0.2, 0.25) is 0 Å². The second-order valence-corrected chi connectivity index (χ2v) is 5.35. The van der Waals surface area contributed by atoms with Gasteiger partial charge in [0.1, 0.15) is 12.1 Å². The maximum atomic E-state index is 10.7. The maximum Gasteiger partial charge on any atom is 0.305 e. The molecule has 6 heteroatoms. The minimum absolute atomic E-state index is 0.0316. The lowest BCUT2D eigenvalue weighted by atomic mass is 10.0. The SMILES string of the molecule is CC(C)(CC(=O)O)Nc1ncnc2ccsc12. The predicted octanol–water partition coefficient (Wildman–Crippen LogP) is 2.36. The van der Waals surface area contributed by atoms with Gasteiger partial charge in [-0.25, -0.2) is 9.97 Å². The van der Waals surface area contributed by atoms with E-state index in [0.717, 1.165) is 10.2 Å². The molecule has 2 rings (SSSR count). The minimum Gasteiger partial charge on any atom is -0.481 e. The highest BCUT2D eigenvalue weighted by atomic mass is 32.1. The van der Waals surface area contributed by atoms with Crippen molar-refractivity contribution < 1.29 is 9.90 Å². The molecule has 0 amide bonds. The van der Waals surface area contributed by atoms with E-state index < -0.39 is 11.5 Å². The van der Waals surface area contributed by atoms with Gasteiger partial charge in [-0.1, -0.05) is 0 Å². The van der Waals surface area contributed by atoms with Crippen molar-refractivity contribution in [3.8, 4) is 0 Å². The Bertz CT molecular complexity index is 550. The average molecular weight is 251 g/mol. The van der Waals surface area contributed by atoms with Crippen LogP contribution in [0.5, 0.6) is 0 Å². The third-order valence-electron chi connectivity index (χ3n) is 2.29. The first-order valence-corrected chi connectivity index (χ1v) is 6.04. The fourth-order valence-electron chi connectivity index (χ4n) is 1.62. The van der Waals surface area contributed by atoms with E-state index in [0.29, 0.717) is 5.82 Å². The Kier molecular flexibility index (Phi) is 2.97. The molecule has 2 aromatic rings. The molecular weight excluding hydrogens is 238 g/mol. The van der Waals surface area contributed by atoms with Gasteiger partial charge in [0.05, 0.1) is 16.6 Å². The Hall–Kier alpha value is -1.69. The van der Waals surface area contributed by atoms with Gasteiger partial charge in [-0.15, -0.1) is 11.3 Å². The van der Waals surface area contributed by atoms with Gasteiger partial charge >= 0.3 is 5.97 Å². The van der Waals surface area contributed by atoms with Crippen LogP contribution in [0.25, 0.3) is 10.2 Å². The maximum absolute atomic E-state index is 10.7. The second kappa shape index (κ2) is 4.29. The van der Waals surface area contributed by atoms with Gasteiger partial charge < -0.3 is 10.4 Å². The highest BCUT2D eigenvalue weighted by molar-refractivity contribution is 7.17. The fraction of sp³-hybridized carbons (Fsp3) is 0.364. The van der Waals surface area contributed by atoms with E-state index in [2.05, 4.69) is 15.3 Å². The second-order valence-electron chi connectivity index (χ2n) is 4.44. The van der Waals surface area contributed by atoms with Crippen LogP contribution in [0.15, 0.2) is 17.8 Å². The molecule has 0 bridgehead atoms. The van der Waals surface area contributed by atoms with Crippen molar-refractivity contribution >= 4 is 33.3 Å². The third kappa shape index (κ3) is 2.71. The number of carboxylic acids is 1. The standard InChI is InChI=1S/C11H13N3O2S/c1-11(2,5-8(15)16)14-10-9-7(3-4-17-9)12-6-13-10/h3-4,6H,5H2,1-2H3,(H,15,16)(H,12,13,14). The first kappa shape index (κ1) is 11.8. The van der Waals surface area contributed by atoms with Crippen molar-refractivity contribution in [2.45, 2.75) is 25.8 Å². The number of aromatic nitrogens is 2. The van der Waals surface area contributed by atoms with Crippen LogP contribution in [0.3, 0.4) is 0 Å². The summed E-state index contributed by atoms with van der Waals surface area (Å²) in [5.74, 6) is -0.143. The lowest BCUT2D eigenvalue weighted by Gasteiger charge is -2.24. The van der Waals surface area contributed by atoms with Gasteiger partial charge in [0.15, 0.2) is 0 Å². The van der Waals surface area contributed by atoms with Crippen LogP contribution < -0.4 is 5.32 Å². The molecule has 0 unspecified atom stereocenters. The number of hydrogen-bond donors (Lipinski definition) is 2. The lowest BCUT2D eigenvalue weighted by Crippen LogP contribution is -2.34. The van der Waals surface area contributed by atoms with Gasteiger partial charge in [-0.05, 0) is 25.3 Å². The highest BCUT2D eigenvalue weighted by Crippen LogP contribution is 2.27. The topological polar surface area (TPSA) is 75.1 Å². The molecule has 0 radical (unpaired) electrons. The number of carboxylic acid groups (broad SMARTS) is 1. The summed E-state index contributed by atoms with van der Waals surface area (Å²) in [6.07, 6.45) is 1.51. The first-order valence-electron chi connectivity index (χ1n) is 5.16. The number of fused-ring (bicyclic) bond motifs is 1. The summed E-state index contributed by atoms with van der Waals surface area (Å²) in [5, 5.41) is 13.9. The zero-order valence-corrected chi connectivity index (χ0v) is 10.4. The van der Waals surface area contributed by atoms with Crippen molar-refractivity contribution in [3.63, 3.8) is 0 Å². The van der Waals surface area contributed by atoms with Crippen LogP contribution in [-0.2, 0) is 4.79 Å². The highest BCUT2D eigenvalue weighted by Gasteiger charge is 2.23. The number of hydrogen-bond acceptors (Lipinski definition) is 5. The van der Waals surface area contributed by atoms with E-state index >= 15 is 0 Å². The van der Waals surface area contributed by atoms with Gasteiger partial charge in [-0.3, -0.25) is 4.79 Å². The van der Waals surface area contributed by atoms with Crippen LogP contribution in [0.4, 0.5) is 5.82 Å². The van der Waals surface area contributed by atoms with Crippen LogP contribution >= 0.6 is 11.3 Å². The molecule has 0 atom stereocenters. The zero-order chi connectivity index (χ0) is 12.5. The van der Waals surface area contributed by atoms with E-state index in [1.54, 1.807) is 0 Å². The number of thiophene rings is 1. The molecule has 17 heavy (non-hydrogen) atoms. The first-order chi connectivity index (χ1) is 7.98. The van der Waals surface area contributed by atoms with Crippen molar-refractivity contribution in [1.82, 2.24) is 9.97 Å². The quantitative estimate of drug-likeness (QED) is 0.872. The number of rotatable bonds is 4. The van der Waals surface area contributed by atoms with Gasteiger partial charge in [0, 0.05) is 5.54 Å². The smallest absolute Gasteiger partial charge is 0.305 e. The minimum atomic E-state index is -0.834.